The molecule has 1 rings (SSSR count). The molecular weight excluding hydrogens is 248 g/mol. The highest BCUT2D eigenvalue weighted by Gasteiger charge is 2.25. The highest BCUT2D eigenvalue weighted by Crippen LogP contribution is 2.21. The van der Waals surface area contributed by atoms with Crippen LogP contribution in [0.2, 0.25) is 0 Å². The van der Waals surface area contributed by atoms with Gasteiger partial charge >= 0.3 is 13.3 Å². The molecule has 0 heterocycles. The zero-order chi connectivity index (χ0) is 13.6. The second-order valence-electron chi connectivity index (χ2n) is 3.89. The molecule has 3 nitrogen and oxygen atoms in total. The summed E-state index contributed by atoms with van der Waals surface area (Å²) in [5.41, 5.74) is 1.01. The Morgan fingerprint density at radius 1 is 1.22 bits per heavy atom. The maximum Gasteiger partial charge on any atom is 0.488 e. The third-order valence-corrected chi connectivity index (χ3v) is 2.27. The predicted octanol–water partition coefficient (Wildman–Crippen LogP) is 1.23. The van der Waals surface area contributed by atoms with Crippen LogP contribution in [0.3, 0.4) is 0 Å². The van der Waals surface area contributed by atoms with E-state index in [1.165, 1.54) is 12.1 Å². The summed E-state index contributed by atoms with van der Waals surface area (Å²) in [5, 5.41) is 17.9. The molecule has 0 aliphatic heterocycles. The van der Waals surface area contributed by atoms with Gasteiger partial charge in [0.15, 0.2) is 0 Å². The van der Waals surface area contributed by atoms with Gasteiger partial charge in [-0.15, -0.1) is 0 Å². The van der Waals surface area contributed by atoms with Gasteiger partial charge in [0.25, 0.3) is 0 Å². The second-order valence-corrected chi connectivity index (χ2v) is 3.89. The quantitative estimate of drug-likeness (QED) is 0.598. The van der Waals surface area contributed by atoms with Gasteiger partial charge in [-0.1, -0.05) is 24.3 Å². The Bertz CT molecular complexity index is 369. The van der Waals surface area contributed by atoms with E-state index >= 15 is 0 Å². The molecule has 0 aliphatic rings. The van der Waals surface area contributed by atoms with Crippen molar-refractivity contribution in [1.82, 2.24) is 0 Å². The van der Waals surface area contributed by atoms with Gasteiger partial charge in [-0.25, -0.2) is 0 Å². The molecule has 0 unspecified atom stereocenters. The molecule has 0 aromatic heterocycles. The van der Waals surface area contributed by atoms with Crippen molar-refractivity contribution in [3.8, 4) is 0 Å². The molecule has 0 atom stereocenters. The molecule has 1 aromatic rings. The minimum absolute atomic E-state index is 0.0193. The average Bonchev–Trinajstić information content (AvgIpc) is 2.27. The van der Waals surface area contributed by atoms with Crippen LogP contribution >= 0.6 is 0 Å². The van der Waals surface area contributed by atoms with Gasteiger partial charge in [0.1, 0.15) is 0 Å². The van der Waals surface area contributed by atoms with E-state index in [0.717, 1.165) is 0 Å². The third-order valence-electron chi connectivity index (χ3n) is 2.27. The minimum atomic E-state index is -4.15. The molecule has 0 aliphatic carbocycles. The van der Waals surface area contributed by atoms with Crippen molar-refractivity contribution in [2.24, 2.45) is 0 Å². The van der Waals surface area contributed by atoms with Crippen LogP contribution in [0.1, 0.15) is 18.4 Å². The first-order valence-corrected chi connectivity index (χ1v) is 5.48. The molecule has 0 fully saturated rings. The Balaban J connectivity index is 2.29. The standard InChI is InChI=1S/C11H14BF3O3/c13-11(14,15)5-2-6-18-8-9-3-1-4-10(7-9)12(16)17/h1,3-4,7,16-17H,2,5-6,8H2. The van der Waals surface area contributed by atoms with E-state index in [0.29, 0.717) is 11.0 Å². The van der Waals surface area contributed by atoms with Crippen LogP contribution in [0.15, 0.2) is 24.3 Å². The first-order chi connectivity index (χ1) is 8.38. The summed E-state index contributed by atoms with van der Waals surface area (Å²) in [6, 6.07) is 6.41. The van der Waals surface area contributed by atoms with Gasteiger partial charge in [-0.3, -0.25) is 0 Å². The normalized spacial score (nSPS) is 11.6. The number of rotatable bonds is 6. The van der Waals surface area contributed by atoms with Crippen molar-refractivity contribution in [3.63, 3.8) is 0 Å². The van der Waals surface area contributed by atoms with E-state index in [-0.39, 0.29) is 19.6 Å². The van der Waals surface area contributed by atoms with Crippen LogP contribution in [-0.2, 0) is 11.3 Å². The Hall–Kier alpha value is -1.05. The monoisotopic (exact) mass is 262 g/mol. The van der Waals surface area contributed by atoms with Gasteiger partial charge < -0.3 is 14.8 Å². The van der Waals surface area contributed by atoms with Gasteiger partial charge in [-0.2, -0.15) is 13.2 Å². The summed E-state index contributed by atoms with van der Waals surface area (Å²) in [6.45, 7) is 0.170. The van der Waals surface area contributed by atoms with E-state index in [1.54, 1.807) is 12.1 Å². The van der Waals surface area contributed by atoms with E-state index < -0.39 is 19.7 Å². The van der Waals surface area contributed by atoms with Gasteiger partial charge in [0.2, 0.25) is 0 Å². The van der Waals surface area contributed by atoms with Crippen LogP contribution in [0.25, 0.3) is 0 Å². The highest BCUT2D eigenvalue weighted by molar-refractivity contribution is 6.58. The van der Waals surface area contributed by atoms with Crippen LogP contribution in [0.4, 0.5) is 13.2 Å². The largest absolute Gasteiger partial charge is 0.488 e. The Labute approximate surface area is 103 Å². The van der Waals surface area contributed by atoms with Gasteiger partial charge in [0.05, 0.1) is 6.61 Å². The molecule has 0 saturated heterocycles. The van der Waals surface area contributed by atoms with Crippen molar-refractivity contribution in [3.05, 3.63) is 29.8 Å². The Morgan fingerprint density at radius 3 is 2.56 bits per heavy atom. The zero-order valence-electron chi connectivity index (χ0n) is 9.65. The van der Waals surface area contributed by atoms with E-state index in [1.807, 2.05) is 0 Å². The molecule has 0 spiro atoms. The fourth-order valence-corrected chi connectivity index (χ4v) is 1.41. The number of benzene rings is 1. The Morgan fingerprint density at radius 2 is 1.94 bits per heavy atom. The van der Waals surface area contributed by atoms with Gasteiger partial charge in [0, 0.05) is 13.0 Å². The number of hydrogen-bond donors (Lipinski definition) is 2. The van der Waals surface area contributed by atoms with E-state index in [2.05, 4.69) is 0 Å². The van der Waals surface area contributed by atoms with E-state index in [4.69, 9.17) is 14.8 Å². The first-order valence-electron chi connectivity index (χ1n) is 5.48. The maximum atomic E-state index is 11.8. The topological polar surface area (TPSA) is 49.7 Å². The van der Waals surface area contributed by atoms with Crippen molar-refractivity contribution in [2.75, 3.05) is 6.61 Å². The molecule has 0 amide bonds. The molecule has 7 heteroatoms. The number of ether oxygens (including phenoxy) is 1. The smallest absolute Gasteiger partial charge is 0.423 e. The molecule has 0 bridgehead atoms. The lowest BCUT2D eigenvalue weighted by atomic mass is 9.80. The van der Waals surface area contributed by atoms with Crippen LogP contribution in [0.5, 0.6) is 0 Å². The number of hydrogen-bond acceptors (Lipinski definition) is 3. The SMILES string of the molecule is OB(O)c1cccc(COCCCC(F)(F)F)c1. The third kappa shape index (κ3) is 6.04. The number of alkyl halides is 3. The van der Waals surface area contributed by atoms with Crippen molar-refractivity contribution >= 4 is 12.6 Å². The Kier molecular flexibility index (Phi) is 5.65. The zero-order valence-corrected chi connectivity index (χ0v) is 9.65. The molecular formula is C11H14BF3O3. The lowest BCUT2D eigenvalue weighted by Gasteiger charge is -2.08. The van der Waals surface area contributed by atoms with Crippen molar-refractivity contribution in [2.45, 2.75) is 25.6 Å². The minimum Gasteiger partial charge on any atom is -0.423 e. The molecule has 1 aromatic carbocycles. The molecule has 2 N–H and O–H groups in total. The fraction of sp³-hybridized carbons (Fsp3) is 0.455. The second kappa shape index (κ2) is 6.77. The average molecular weight is 262 g/mol. The van der Waals surface area contributed by atoms with Crippen molar-refractivity contribution < 1.29 is 28.0 Å². The molecule has 0 radical (unpaired) electrons. The summed E-state index contributed by atoms with van der Waals surface area (Å²) in [6.07, 6.45) is -5.08. The summed E-state index contributed by atoms with van der Waals surface area (Å²) < 4.78 is 40.6. The van der Waals surface area contributed by atoms with Gasteiger partial charge in [-0.05, 0) is 17.4 Å². The molecule has 0 saturated carbocycles. The van der Waals surface area contributed by atoms with Crippen LogP contribution in [-0.4, -0.2) is 29.9 Å². The fourth-order valence-electron chi connectivity index (χ4n) is 1.41. The summed E-state index contributed by atoms with van der Waals surface area (Å²) >= 11 is 0. The first kappa shape index (κ1) is 15.0. The van der Waals surface area contributed by atoms with E-state index in [9.17, 15) is 13.2 Å². The lowest BCUT2D eigenvalue weighted by molar-refractivity contribution is -0.138. The van der Waals surface area contributed by atoms with Crippen molar-refractivity contribution in [1.29, 1.82) is 0 Å². The predicted molar refractivity (Wildman–Crippen MR) is 61.2 cm³/mol. The summed E-state index contributed by atoms with van der Waals surface area (Å²) in [7, 11) is -1.56. The highest BCUT2D eigenvalue weighted by atomic mass is 19.4. The summed E-state index contributed by atoms with van der Waals surface area (Å²) in [5.74, 6) is 0. The van der Waals surface area contributed by atoms with Crippen LogP contribution < -0.4 is 5.46 Å². The number of halogens is 3. The molecule has 18 heavy (non-hydrogen) atoms. The summed E-state index contributed by atoms with van der Waals surface area (Å²) in [4.78, 5) is 0. The van der Waals surface area contributed by atoms with Crippen LogP contribution in [0, 0.1) is 0 Å². The molecule has 100 valence electrons. The maximum absolute atomic E-state index is 11.8. The lowest BCUT2D eigenvalue weighted by Crippen LogP contribution is -2.29.